The van der Waals surface area contributed by atoms with E-state index < -0.39 is 0 Å². The van der Waals surface area contributed by atoms with Crippen molar-refractivity contribution in [2.45, 2.75) is 13.3 Å². The molecule has 1 aromatic heterocycles. The van der Waals surface area contributed by atoms with Crippen molar-refractivity contribution >= 4 is 39.1 Å². The molecule has 0 unspecified atom stereocenters. The number of amides is 1. The number of benzene rings is 1. The molecule has 0 aliphatic heterocycles. The Balaban J connectivity index is 2.31. The molecule has 6 heteroatoms. The Hall–Kier alpha value is -1.33. The second-order valence-electron chi connectivity index (χ2n) is 3.80. The van der Waals surface area contributed by atoms with Gasteiger partial charge in [-0.3, -0.25) is 4.79 Å². The van der Waals surface area contributed by atoms with Crippen LogP contribution in [0.4, 0.5) is 0 Å². The smallest absolute Gasteiger partial charge is 0.216 e. The van der Waals surface area contributed by atoms with Crippen LogP contribution in [-0.4, -0.2) is 24.5 Å². The second kappa shape index (κ2) is 5.54. The number of fused-ring (bicyclic) bond motifs is 1. The van der Waals surface area contributed by atoms with Gasteiger partial charge in [0.05, 0.1) is 11.8 Å². The lowest BCUT2D eigenvalue weighted by Gasteiger charge is -2.06. The van der Waals surface area contributed by atoms with Crippen LogP contribution in [0.25, 0.3) is 10.2 Å². The first-order chi connectivity index (χ1) is 8.61. The fourth-order valence-corrected chi connectivity index (χ4v) is 2.91. The molecule has 2 aromatic rings. The molecule has 1 heterocycles. The topological polar surface area (TPSA) is 51.2 Å². The molecule has 1 aromatic carbocycles. The summed E-state index contributed by atoms with van der Waals surface area (Å²) in [4.78, 5) is 15.1. The van der Waals surface area contributed by atoms with E-state index in [1.165, 1.54) is 18.3 Å². The molecule has 1 amide bonds. The normalized spacial score (nSPS) is 10.6. The van der Waals surface area contributed by atoms with Gasteiger partial charge in [-0.15, -0.1) is 11.3 Å². The highest BCUT2D eigenvalue weighted by Gasteiger charge is 2.11. The van der Waals surface area contributed by atoms with E-state index in [0.29, 0.717) is 11.0 Å². The maximum atomic E-state index is 10.8. The van der Waals surface area contributed by atoms with E-state index in [9.17, 15) is 4.79 Å². The van der Waals surface area contributed by atoms with Gasteiger partial charge in [0.2, 0.25) is 5.91 Å². The number of rotatable bonds is 4. The third-order valence-corrected chi connectivity index (χ3v) is 3.79. The van der Waals surface area contributed by atoms with Crippen molar-refractivity contribution in [3.8, 4) is 5.75 Å². The van der Waals surface area contributed by atoms with Crippen LogP contribution in [0.5, 0.6) is 5.75 Å². The molecule has 96 valence electrons. The van der Waals surface area contributed by atoms with Crippen LogP contribution >= 0.6 is 22.9 Å². The molecule has 1 N–H and O–H groups in total. The van der Waals surface area contributed by atoms with Gasteiger partial charge in [-0.05, 0) is 18.1 Å². The minimum absolute atomic E-state index is 0.0258. The first-order valence-corrected chi connectivity index (χ1v) is 6.67. The van der Waals surface area contributed by atoms with Gasteiger partial charge in [-0.2, -0.15) is 0 Å². The van der Waals surface area contributed by atoms with E-state index in [4.69, 9.17) is 16.3 Å². The largest absolute Gasteiger partial charge is 0.494 e. The summed E-state index contributed by atoms with van der Waals surface area (Å²) in [6, 6.07) is 3.86. The number of methoxy groups -OCH3 is 1. The van der Waals surface area contributed by atoms with Crippen LogP contribution in [-0.2, 0) is 11.2 Å². The number of nitrogens with zero attached hydrogens (tertiary/aromatic N) is 1. The highest BCUT2D eigenvalue weighted by atomic mass is 35.5. The molecule has 0 saturated heterocycles. The minimum atomic E-state index is -0.0258. The third-order valence-electron chi connectivity index (χ3n) is 2.55. The Labute approximate surface area is 114 Å². The quantitative estimate of drug-likeness (QED) is 0.939. The molecule has 0 saturated carbocycles. The molecule has 4 nitrogen and oxygen atoms in total. The number of halogens is 1. The molecule has 0 radical (unpaired) electrons. The zero-order chi connectivity index (χ0) is 13.1. The van der Waals surface area contributed by atoms with Gasteiger partial charge < -0.3 is 10.1 Å². The molecule has 18 heavy (non-hydrogen) atoms. The average molecular weight is 285 g/mol. The van der Waals surface area contributed by atoms with E-state index in [1.807, 2.05) is 12.1 Å². The Bertz CT molecular complexity index is 583. The first kappa shape index (κ1) is 13.1. The molecular weight excluding hydrogens is 272 g/mol. The number of ether oxygens (including phenoxy) is 1. The molecule has 0 aliphatic rings. The fraction of sp³-hybridized carbons (Fsp3) is 0.333. The Morgan fingerprint density at radius 2 is 2.33 bits per heavy atom. The van der Waals surface area contributed by atoms with Gasteiger partial charge >= 0.3 is 0 Å². The predicted molar refractivity (Wildman–Crippen MR) is 73.6 cm³/mol. The van der Waals surface area contributed by atoms with Gasteiger partial charge in [0, 0.05) is 13.5 Å². The van der Waals surface area contributed by atoms with E-state index in [2.05, 4.69) is 10.3 Å². The van der Waals surface area contributed by atoms with Crippen molar-refractivity contribution in [3.63, 3.8) is 0 Å². The second-order valence-corrected chi connectivity index (χ2v) is 5.39. The van der Waals surface area contributed by atoms with Crippen molar-refractivity contribution in [1.29, 1.82) is 0 Å². The number of hydrogen-bond donors (Lipinski definition) is 1. The average Bonchev–Trinajstić information content (AvgIpc) is 2.70. The van der Waals surface area contributed by atoms with Gasteiger partial charge in [-0.1, -0.05) is 17.7 Å². The van der Waals surface area contributed by atoms with E-state index in [-0.39, 0.29) is 5.91 Å². The zero-order valence-electron chi connectivity index (χ0n) is 10.1. The number of hydrogen-bond acceptors (Lipinski definition) is 4. The first-order valence-electron chi connectivity index (χ1n) is 5.48. The fourth-order valence-electron chi connectivity index (χ4n) is 1.74. The zero-order valence-corrected chi connectivity index (χ0v) is 11.7. The predicted octanol–water partition coefficient (Wildman–Crippen LogP) is 2.64. The summed E-state index contributed by atoms with van der Waals surface area (Å²) in [7, 11) is 1.61. The highest BCUT2D eigenvalue weighted by molar-refractivity contribution is 7.22. The maximum absolute atomic E-state index is 10.8. The van der Waals surface area contributed by atoms with Crippen LogP contribution < -0.4 is 10.1 Å². The van der Waals surface area contributed by atoms with E-state index in [1.54, 1.807) is 7.11 Å². The Morgan fingerprint density at radius 3 is 3.00 bits per heavy atom. The van der Waals surface area contributed by atoms with Crippen molar-refractivity contribution < 1.29 is 9.53 Å². The lowest BCUT2D eigenvalue weighted by atomic mass is 10.1. The SMILES string of the molecule is COc1ccc(CCNC(C)=O)c2sc(Cl)nc12. The van der Waals surface area contributed by atoms with E-state index >= 15 is 0 Å². The summed E-state index contributed by atoms with van der Waals surface area (Å²) < 4.78 is 6.77. The summed E-state index contributed by atoms with van der Waals surface area (Å²) in [5, 5.41) is 2.78. The number of aromatic nitrogens is 1. The van der Waals surface area contributed by atoms with Crippen molar-refractivity contribution in [2.75, 3.05) is 13.7 Å². The summed E-state index contributed by atoms with van der Waals surface area (Å²) in [6.07, 6.45) is 0.749. The summed E-state index contributed by atoms with van der Waals surface area (Å²) >= 11 is 7.38. The summed E-state index contributed by atoms with van der Waals surface area (Å²) in [5.74, 6) is 0.693. The third kappa shape index (κ3) is 2.73. The monoisotopic (exact) mass is 284 g/mol. The van der Waals surface area contributed by atoms with Crippen LogP contribution in [0.15, 0.2) is 12.1 Å². The van der Waals surface area contributed by atoms with Gasteiger partial charge in [0.1, 0.15) is 11.3 Å². The van der Waals surface area contributed by atoms with Crippen LogP contribution in [0.3, 0.4) is 0 Å². The standard InChI is InChI=1S/C12H13ClN2O2S/c1-7(16)14-6-5-8-3-4-9(17-2)10-11(8)18-12(13)15-10/h3-4H,5-6H2,1-2H3,(H,14,16). The molecule has 0 spiro atoms. The molecule has 0 aliphatic carbocycles. The summed E-state index contributed by atoms with van der Waals surface area (Å²) in [6.45, 7) is 2.11. The van der Waals surface area contributed by atoms with Gasteiger partial charge in [0.25, 0.3) is 0 Å². The van der Waals surface area contributed by atoms with Gasteiger partial charge in [0.15, 0.2) is 4.47 Å². The van der Waals surface area contributed by atoms with Gasteiger partial charge in [-0.25, -0.2) is 4.98 Å². The molecular formula is C12H13ClN2O2S. The lowest BCUT2D eigenvalue weighted by molar-refractivity contribution is -0.118. The van der Waals surface area contributed by atoms with Crippen LogP contribution in [0.1, 0.15) is 12.5 Å². The number of carbonyl (C=O) groups is 1. The molecule has 2 rings (SSSR count). The number of carbonyl (C=O) groups excluding carboxylic acids is 1. The van der Waals surface area contributed by atoms with Crippen molar-refractivity contribution in [3.05, 3.63) is 22.2 Å². The number of thiazole rings is 1. The van der Waals surface area contributed by atoms with Crippen molar-refractivity contribution in [2.24, 2.45) is 0 Å². The molecule has 0 fully saturated rings. The minimum Gasteiger partial charge on any atom is -0.494 e. The Kier molecular flexibility index (Phi) is 4.04. The lowest BCUT2D eigenvalue weighted by Crippen LogP contribution is -2.22. The van der Waals surface area contributed by atoms with E-state index in [0.717, 1.165) is 28.0 Å². The molecule has 0 atom stereocenters. The Morgan fingerprint density at radius 1 is 1.56 bits per heavy atom. The van der Waals surface area contributed by atoms with Crippen molar-refractivity contribution in [1.82, 2.24) is 10.3 Å². The maximum Gasteiger partial charge on any atom is 0.216 e. The molecule has 0 bridgehead atoms. The number of nitrogens with one attached hydrogen (secondary N) is 1. The summed E-state index contributed by atoms with van der Waals surface area (Å²) in [5.41, 5.74) is 1.90. The van der Waals surface area contributed by atoms with Crippen LogP contribution in [0.2, 0.25) is 4.47 Å². The van der Waals surface area contributed by atoms with Crippen LogP contribution in [0, 0.1) is 0 Å². The highest BCUT2D eigenvalue weighted by Crippen LogP contribution is 2.34.